The van der Waals surface area contributed by atoms with Gasteiger partial charge in [-0.1, -0.05) is 6.07 Å². The molecule has 2 aromatic carbocycles. The van der Waals surface area contributed by atoms with Gasteiger partial charge in [-0.15, -0.1) is 0 Å². The van der Waals surface area contributed by atoms with Gasteiger partial charge in [0, 0.05) is 37.0 Å². The standard InChI is InChI=1S/C37H41F2N5O4/c1-24(43-17-15-37(16-18-43)14-5-6-19-48-37)10-13-33(40-2)42-30-21-29(34-27(38)8-7-9-28(34)39)41-31-23-44(36(45)35(30)31)22-25-11-12-26(46-3)20-32(25)47-4/h7-13,20-21H,2,5-6,14-19,22-23H2,1,3-4H3,(H,41,42)/b24-10+,33-13+. The van der Waals surface area contributed by atoms with E-state index in [-0.39, 0.29) is 35.9 Å². The fourth-order valence-corrected chi connectivity index (χ4v) is 6.79. The fourth-order valence-electron chi connectivity index (χ4n) is 6.79. The van der Waals surface area contributed by atoms with Crippen LogP contribution in [0.2, 0.25) is 0 Å². The van der Waals surface area contributed by atoms with E-state index in [0.29, 0.717) is 34.3 Å². The Morgan fingerprint density at radius 1 is 1.06 bits per heavy atom. The Bertz CT molecular complexity index is 1740. The molecule has 3 aliphatic heterocycles. The molecule has 6 rings (SSSR count). The zero-order valence-corrected chi connectivity index (χ0v) is 27.7. The smallest absolute Gasteiger partial charge is 0.258 e. The molecule has 0 aliphatic carbocycles. The molecule has 252 valence electrons. The van der Waals surface area contributed by atoms with Crippen molar-refractivity contribution in [2.24, 2.45) is 4.99 Å². The molecule has 1 N–H and O–H groups in total. The first-order valence-electron chi connectivity index (χ1n) is 16.2. The summed E-state index contributed by atoms with van der Waals surface area (Å²) in [7, 11) is 3.12. The van der Waals surface area contributed by atoms with Gasteiger partial charge in [0.05, 0.1) is 61.1 Å². The van der Waals surface area contributed by atoms with E-state index in [2.05, 4.69) is 33.8 Å². The van der Waals surface area contributed by atoms with Crippen molar-refractivity contribution in [1.29, 1.82) is 0 Å². The number of aliphatic imine (C=N–C) groups is 1. The average Bonchev–Trinajstić information content (AvgIpc) is 3.41. The highest BCUT2D eigenvalue weighted by Crippen LogP contribution is 2.38. The maximum atomic E-state index is 15.0. The van der Waals surface area contributed by atoms with Crippen LogP contribution in [0.15, 0.2) is 71.1 Å². The number of pyridine rings is 1. The number of hydrogen-bond donors (Lipinski definition) is 1. The van der Waals surface area contributed by atoms with Crippen molar-refractivity contribution in [3.05, 3.63) is 94.6 Å². The van der Waals surface area contributed by atoms with Gasteiger partial charge in [-0.3, -0.25) is 4.79 Å². The van der Waals surface area contributed by atoms with Crippen LogP contribution in [0.25, 0.3) is 11.3 Å². The van der Waals surface area contributed by atoms with E-state index in [0.717, 1.165) is 56.6 Å². The van der Waals surface area contributed by atoms with Crippen molar-refractivity contribution in [3.8, 4) is 22.8 Å². The van der Waals surface area contributed by atoms with Crippen LogP contribution in [0.3, 0.4) is 0 Å². The summed E-state index contributed by atoms with van der Waals surface area (Å²) in [5.74, 6) is -0.238. The third-order valence-electron chi connectivity index (χ3n) is 9.53. The number of hydrogen-bond acceptors (Lipinski definition) is 8. The molecule has 0 atom stereocenters. The number of allylic oxidation sites excluding steroid dienone is 3. The Morgan fingerprint density at radius 2 is 1.83 bits per heavy atom. The number of likely N-dealkylation sites (tertiary alicyclic amines) is 1. The number of fused-ring (bicyclic) bond motifs is 1. The molecule has 4 heterocycles. The number of aromatic nitrogens is 1. The number of rotatable bonds is 10. The van der Waals surface area contributed by atoms with Gasteiger partial charge in [-0.25, -0.2) is 18.8 Å². The number of benzene rings is 2. The van der Waals surface area contributed by atoms with E-state index in [1.165, 1.54) is 30.7 Å². The van der Waals surface area contributed by atoms with Crippen molar-refractivity contribution >= 4 is 18.3 Å². The number of methoxy groups -OCH3 is 2. The lowest BCUT2D eigenvalue weighted by Crippen LogP contribution is -2.47. The molecule has 2 fully saturated rings. The first-order valence-corrected chi connectivity index (χ1v) is 16.2. The molecular formula is C37H41F2N5O4. The molecule has 1 amide bonds. The molecule has 3 aliphatic rings. The maximum absolute atomic E-state index is 15.0. The largest absolute Gasteiger partial charge is 0.497 e. The minimum Gasteiger partial charge on any atom is -0.497 e. The Hall–Kier alpha value is -4.77. The number of piperidine rings is 1. The van der Waals surface area contributed by atoms with Crippen LogP contribution in [0.4, 0.5) is 14.5 Å². The van der Waals surface area contributed by atoms with E-state index in [9.17, 15) is 13.6 Å². The van der Waals surface area contributed by atoms with Crippen LogP contribution >= 0.6 is 0 Å². The van der Waals surface area contributed by atoms with Crippen molar-refractivity contribution in [3.63, 3.8) is 0 Å². The second-order valence-electron chi connectivity index (χ2n) is 12.4. The number of ether oxygens (including phenoxy) is 3. The molecule has 1 aromatic heterocycles. The third kappa shape index (κ3) is 6.78. The van der Waals surface area contributed by atoms with E-state index < -0.39 is 11.6 Å². The summed E-state index contributed by atoms with van der Waals surface area (Å²) in [6, 6.07) is 10.5. The molecular weight excluding hydrogens is 616 g/mol. The van der Waals surface area contributed by atoms with Crippen LogP contribution in [0.5, 0.6) is 11.5 Å². The molecule has 48 heavy (non-hydrogen) atoms. The van der Waals surface area contributed by atoms with Crippen molar-refractivity contribution < 1.29 is 27.8 Å². The monoisotopic (exact) mass is 657 g/mol. The Balaban J connectivity index is 1.29. The quantitative estimate of drug-likeness (QED) is 0.184. The van der Waals surface area contributed by atoms with Crippen molar-refractivity contribution in [2.45, 2.75) is 57.7 Å². The fraction of sp³-hybridized carbons (Fsp3) is 0.378. The zero-order chi connectivity index (χ0) is 33.8. The maximum Gasteiger partial charge on any atom is 0.258 e. The summed E-state index contributed by atoms with van der Waals surface area (Å²) >= 11 is 0. The normalized spacial score (nSPS) is 17.8. The SMILES string of the molecule is C=N/C(=C\C=C(/C)N1CCC2(CCCCO2)CC1)Nc1cc(-c2c(F)cccc2F)nc2c1C(=O)N(Cc1ccc(OC)cc1OC)C2. The van der Waals surface area contributed by atoms with E-state index in [4.69, 9.17) is 14.2 Å². The van der Waals surface area contributed by atoms with E-state index in [1.54, 1.807) is 37.3 Å². The van der Waals surface area contributed by atoms with Gasteiger partial charge in [-0.2, -0.15) is 0 Å². The van der Waals surface area contributed by atoms with Crippen LogP contribution < -0.4 is 14.8 Å². The summed E-state index contributed by atoms with van der Waals surface area (Å²) in [4.78, 5) is 26.7. The Morgan fingerprint density at radius 3 is 2.50 bits per heavy atom. The molecule has 0 radical (unpaired) electrons. The number of carbonyl (C=O) groups excluding carboxylic acids is 1. The number of amides is 1. The lowest BCUT2D eigenvalue weighted by atomic mass is 9.84. The molecule has 1 spiro atoms. The highest BCUT2D eigenvalue weighted by molar-refractivity contribution is 6.04. The number of anilines is 1. The van der Waals surface area contributed by atoms with Gasteiger partial charge in [0.2, 0.25) is 0 Å². The number of nitrogens with one attached hydrogen (secondary N) is 1. The molecule has 0 saturated carbocycles. The lowest BCUT2D eigenvalue weighted by Gasteiger charge is -2.44. The van der Waals surface area contributed by atoms with E-state index in [1.807, 2.05) is 12.1 Å². The number of halogens is 2. The van der Waals surface area contributed by atoms with Crippen LogP contribution in [-0.4, -0.2) is 66.9 Å². The van der Waals surface area contributed by atoms with Gasteiger partial charge in [-0.05, 0) is 88.2 Å². The highest BCUT2D eigenvalue weighted by atomic mass is 19.1. The minimum absolute atomic E-state index is 0.0102. The van der Waals surface area contributed by atoms with Crippen LogP contribution in [-0.2, 0) is 17.8 Å². The van der Waals surface area contributed by atoms with Gasteiger partial charge < -0.3 is 29.3 Å². The topological polar surface area (TPSA) is 88.5 Å². The average molecular weight is 658 g/mol. The first kappa shape index (κ1) is 33.1. The predicted octanol–water partition coefficient (Wildman–Crippen LogP) is 7.09. The summed E-state index contributed by atoms with van der Waals surface area (Å²) in [6.45, 7) is 8.78. The molecule has 11 heteroatoms. The van der Waals surface area contributed by atoms with Crippen molar-refractivity contribution in [2.75, 3.05) is 39.2 Å². The summed E-state index contributed by atoms with van der Waals surface area (Å²) in [5, 5.41) is 3.21. The molecule has 2 saturated heterocycles. The first-order chi connectivity index (χ1) is 23.2. The number of carbonyl (C=O) groups is 1. The zero-order valence-electron chi connectivity index (χ0n) is 27.7. The second-order valence-corrected chi connectivity index (χ2v) is 12.4. The predicted molar refractivity (Wildman–Crippen MR) is 181 cm³/mol. The van der Waals surface area contributed by atoms with Crippen LogP contribution in [0, 0.1) is 11.6 Å². The minimum atomic E-state index is -0.754. The van der Waals surface area contributed by atoms with Crippen molar-refractivity contribution in [1.82, 2.24) is 14.8 Å². The molecule has 3 aromatic rings. The lowest BCUT2D eigenvalue weighted by molar-refractivity contribution is -0.107. The van der Waals surface area contributed by atoms with Gasteiger partial charge in [0.25, 0.3) is 5.91 Å². The Kier molecular flexibility index (Phi) is 9.77. The molecule has 0 bridgehead atoms. The molecule has 0 unspecified atom stereocenters. The summed E-state index contributed by atoms with van der Waals surface area (Å²) < 4.78 is 47.0. The number of nitrogens with zero attached hydrogens (tertiary/aromatic N) is 4. The molecule has 9 nitrogen and oxygen atoms in total. The second kappa shape index (κ2) is 14.1. The summed E-state index contributed by atoms with van der Waals surface area (Å²) in [6.07, 6.45) is 9.21. The third-order valence-corrected chi connectivity index (χ3v) is 9.53. The van der Waals surface area contributed by atoms with Gasteiger partial charge in [0.1, 0.15) is 29.0 Å². The van der Waals surface area contributed by atoms with E-state index >= 15 is 0 Å². The highest BCUT2D eigenvalue weighted by Gasteiger charge is 2.37. The van der Waals surface area contributed by atoms with Crippen LogP contribution in [0.1, 0.15) is 60.6 Å². The Labute approximate surface area is 279 Å². The van der Waals surface area contributed by atoms with Gasteiger partial charge >= 0.3 is 0 Å². The van der Waals surface area contributed by atoms with Gasteiger partial charge in [0.15, 0.2) is 0 Å². The summed E-state index contributed by atoms with van der Waals surface area (Å²) in [5.41, 5.74) is 2.64.